The first-order valence-electron chi connectivity index (χ1n) is 3.93. The lowest BCUT2D eigenvalue weighted by Gasteiger charge is -2.28. The molecule has 0 heterocycles. The van der Waals surface area contributed by atoms with Gasteiger partial charge in [0.1, 0.15) is 0 Å². The van der Waals surface area contributed by atoms with Crippen LogP contribution in [0, 0.1) is 5.92 Å². The molecule has 1 unspecified atom stereocenters. The Kier molecular flexibility index (Phi) is 3.12. The molecule has 3 heteroatoms. The highest BCUT2D eigenvalue weighted by Gasteiger charge is 2.34. The molecular formula is C8H18O2S. The average Bonchev–Trinajstić information content (AvgIpc) is 1.83. The standard InChI is InChI=1S/C8H18O2S/c1-6-7(2)8(3,4)11(5,9)10/h7H,6H2,1-5H3. The van der Waals surface area contributed by atoms with Gasteiger partial charge in [-0.1, -0.05) is 20.3 Å². The molecule has 2 nitrogen and oxygen atoms in total. The summed E-state index contributed by atoms with van der Waals surface area (Å²) in [5.74, 6) is 0.220. The summed E-state index contributed by atoms with van der Waals surface area (Å²) in [6.45, 7) is 7.56. The van der Waals surface area contributed by atoms with Crippen LogP contribution in [0.3, 0.4) is 0 Å². The molecule has 0 rings (SSSR count). The van der Waals surface area contributed by atoms with E-state index in [0.717, 1.165) is 6.42 Å². The second kappa shape index (κ2) is 3.13. The molecule has 0 aliphatic rings. The summed E-state index contributed by atoms with van der Waals surface area (Å²) in [6.07, 6.45) is 2.21. The highest BCUT2D eigenvalue weighted by Crippen LogP contribution is 2.27. The topological polar surface area (TPSA) is 34.1 Å². The van der Waals surface area contributed by atoms with Crippen molar-refractivity contribution in [2.75, 3.05) is 6.26 Å². The van der Waals surface area contributed by atoms with Crippen molar-refractivity contribution in [1.82, 2.24) is 0 Å². The summed E-state index contributed by atoms with van der Waals surface area (Å²) < 4.78 is 21.9. The fraction of sp³-hybridized carbons (Fsp3) is 1.00. The number of hydrogen-bond donors (Lipinski definition) is 0. The van der Waals surface area contributed by atoms with Crippen LogP contribution in [0.5, 0.6) is 0 Å². The van der Waals surface area contributed by atoms with Gasteiger partial charge in [0.2, 0.25) is 0 Å². The molecule has 0 aromatic heterocycles. The van der Waals surface area contributed by atoms with Crippen LogP contribution in [0.4, 0.5) is 0 Å². The Labute approximate surface area is 69.9 Å². The van der Waals surface area contributed by atoms with Gasteiger partial charge < -0.3 is 0 Å². The maximum absolute atomic E-state index is 11.3. The van der Waals surface area contributed by atoms with E-state index in [2.05, 4.69) is 0 Å². The van der Waals surface area contributed by atoms with E-state index in [-0.39, 0.29) is 5.92 Å². The third-order valence-electron chi connectivity index (χ3n) is 2.75. The molecule has 11 heavy (non-hydrogen) atoms. The van der Waals surface area contributed by atoms with Crippen molar-refractivity contribution in [1.29, 1.82) is 0 Å². The first-order valence-corrected chi connectivity index (χ1v) is 5.82. The van der Waals surface area contributed by atoms with Crippen molar-refractivity contribution in [3.8, 4) is 0 Å². The van der Waals surface area contributed by atoms with E-state index in [9.17, 15) is 8.42 Å². The molecule has 0 spiro atoms. The van der Waals surface area contributed by atoms with E-state index in [1.807, 2.05) is 13.8 Å². The van der Waals surface area contributed by atoms with Gasteiger partial charge in [-0.15, -0.1) is 0 Å². The SMILES string of the molecule is CCC(C)C(C)(C)S(C)(=O)=O. The fourth-order valence-corrected chi connectivity index (χ4v) is 1.75. The molecule has 0 saturated heterocycles. The molecule has 0 amide bonds. The molecule has 1 atom stereocenters. The number of hydrogen-bond acceptors (Lipinski definition) is 2. The van der Waals surface area contributed by atoms with Crippen molar-refractivity contribution in [3.63, 3.8) is 0 Å². The van der Waals surface area contributed by atoms with Crippen LogP contribution >= 0.6 is 0 Å². The second-order valence-electron chi connectivity index (χ2n) is 3.68. The number of sulfone groups is 1. The van der Waals surface area contributed by atoms with Gasteiger partial charge in [0.15, 0.2) is 9.84 Å². The van der Waals surface area contributed by atoms with Gasteiger partial charge in [0.25, 0.3) is 0 Å². The van der Waals surface area contributed by atoms with Gasteiger partial charge in [-0.25, -0.2) is 8.42 Å². The van der Waals surface area contributed by atoms with E-state index >= 15 is 0 Å². The van der Waals surface area contributed by atoms with Gasteiger partial charge in [0, 0.05) is 6.26 Å². The Hall–Kier alpha value is -0.0500. The average molecular weight is 178 g/mol. The number of rotatable bonds is 3. The Morgan fingerprint density at radius 3 is 1.82 bits per heavy atom. The third-order valence-corrected chi connectivity index (χ3v) is 5.07. The smallest absolute Gasteiger partial charge is 0.152 e. The normalized spacial score (nSPS) is 16.5. The predicted molar refractivity (Wildman–Crippen MR) is 48.4 cm³/mol. The van der Waals surface area contributed by atoms with Crippen LogP contribution in [0.1, 0.15) is 34.1 Å². The van der Waals surface area contributed by atoms with E-state index in [1.54, 1.807) is 13.8 Å². The minimum absolute atomic E-state index is 0.220. The predicted octanol–water partition coefficient (Wildman–Crippen LogP) is 1.86. The van der Waals surface area contributed by atoms with Crippen molar-refractivity contribution < 1.29 is 8.42 Å². The zero-order valence-corrected chi connectivity index (χ0v) is 8.83. The van der Waals surface area contributed by atoms with Crippen LogP contribution < -0.4 is 0 Å². The van der Waals surface area contributed by atoms with Crippen molar-refractivity contribution in [2.24, 2.45) is 5.92 Å². The maximum atomic E-state index is 11.3. The highest BCUT2D eigenvalue weighted by atomic mass is 32.2. The van der Waals surface area contributed by atoms with Crippen molar-refractivity contribution in [3.05, 3.63) is 0 Å². The van der Waals surface area contributed by atoms with Crippen molar-refractivity contribution >= 4 is 9.84 Å². The van der Waals surface area contributed by atoms with E-state index in [1.165, 1.54) is 6.26 Å². The van der Waals surface area contributed by atoms with Gasteiger partial charge >= 0.3 is 0 Å². The maximum Gasteiger partial charge on any atom is 0.152 e. The molecule has 68 valence electrons. The molecule has 0 aliphatic heterocycles. The van der Waals surface area contributed by atoms with E-state index in [4.69, 9.17) is 0 Å². The van der Waals surface area contributed by atoms with Gasteiger partial charge in [0.05, 0.1) is 4.75 Å². The minimum atomic E-state index is -2.91. The zero-order valence-electron chi connectivity index (χ0n) is 8.01. The molecule has 0 fully saturated rings. The lowest BCUT2D eigenvalue weighted by molar-refractivity contribution is 0.417. The second-order valence-corrected chi connectivity index (χ2v) is 6.28. The summed E-state index contributed by atoms with van der Waals surface area (Å²) >= 11 is 0. The Bertz CT molecular complexity index is 214. The molecule has 0 aliphatic carbocycles. The lowest BCUT2D eigenvalue weighted by Crippen LogP contribution is -2.37. The molecule has 0 N–H and O–H groups in total. The lowest BCUT2D eigenvalue weighted by atomic mass is 9.95. The van der Waals surface area contributed by atoms with E-state index < -0.39 is 14.6 Å². The summed E-state index contributed by atoms with van der Waals surface area (Å²) in [5, 5.41) is 0. The molecule has 0 saturated carbocycles. The molecule has 0 radical (unpaired) electrons. The highest BCUT2D eigenvalue weighted by molar-refractivity contribution is 7.92. The third kappa shape index (κ3) is 2.19. The molecule has 0 aromatic rings. The summed E-state index contributed by atoms with van der Waals surface area (Å²) in [4.78, 5) is 0. The fourth-order valence-electron chi connectivity index (χ4n) is 0.857. The summed E-state index contributed by atoms with van der Waals surface area (Å²) in [5.41, 5.74) is 0. The first-order chi connectivity index (χ1) is 4.73. The Morgan fingerprint density at radius 1 is 1.36 bits per heavy atom. The van der Waals surface area contributed by atoms with Gasteiger partial charge in [-0.3, -0.25) is 0 Å². The summed E-state index contributed by atoms with van der Waals surface area (Å²) in [7, 11) is -2.91. The van der Waals surface area contributed by atoms with Crippen LogP contribution in [0.15, 0.2) is 0 Å². The summed E-state index contributed by atoms with van der Waals surface area (Å²) in [6, 6.07) is 0. The van der Waals surface area contributed by atoms with E-state index in [0.29, 0.717) is 0 Å². The van der Waals surface area contributed by atoms with Crippen LogP contribution in [0.25, 0.3) is 0 Å². The Morgan fingerprint density at radius 2 is 1.73 bits per heavy atom. The van der Waals surface area contributed by atoms with Crippen LogP contribution in [-0.2, 0) is 9.84 Å². The minimum Gasteiger partial charge on any atom is -0.229 e. The Balaban J connectivity index is 4.74. The first kappa shape index (κ1) is 11.0. The zero-order chi connectivity index (χ0) is 9.28. The van der Waals surface area contributed by atoms with Crippen molar-refractivity contribution in [2.45, 2.75) is 38.9 Å². The molecule has 0 bridgehead atoms. The van der Waals surface area contributed by atoms with Crippen LogP contribution in [-0.4, -0.2) is 19.4 Å². The largest absolute Gasteiger partial charge is 0.229 e. The van der Waals surface area contributed by atoms with Crippen LogP contribution in [0.2, 0.25) is 0 Å². The monoisotopic (exact) mass is 178 g/mol. The molecule has 0 aromatic carbocycles. The van der Waals surface area contributed by atoms with Gasteiger partial charge in [-0.2, -0.15) is 0 Å². The van der Waals surface area contributed by atoms with Gasteiger partial charge in [-0.05, 0) is 19.8 Å². The quantitative estimate of drug-likeness (QED) is 0.661. The molecular weight excluding hydrogens is 160 g/mol.